The van der Waals surface area contributed by atoms with Crippen molar-refractivity contribution in [1.82, 2.24) is 0 Å². The Labute approximate surface area is 63.8 Å². The first-order valence-corrected chi connectivity index (χ1v) is 2.75. The molecule has 0 bridgehead atoms. The van der Waals surface area contributed by atoms with Crippen LogP contribution >= 0.6 is 0 Å². The maximum atomic E-state index is 10.6. The van der Waals surface area contributed by atoms with Gasteiger partial charge in [-0.3, -0.25) is 0 Å². The van der Waals surface area contributed by atoms with Crippen molar-refractivity contribution < 1.29 is 19.4 Å². The summed E-state index contributed by atoms with van der Waals surface area (Å²) in [5, 5.41) is 8.21. The van der Waals surface area contributed by atoms with E-state index in [1.165, 1.54) is 6.92 Å². The normalized spacial score (nSPS) is 8.45. The second-order valence-electron chi connectivity index (χ2n) is 1.90. The smallest absolute Gasteiger partial charge is 0.371 e. The van der Waals surface area contributed by atoms with Crippen molar-refractivity contribution in [2.24, 2.45) is 0 Å². The van der Waals surface area contributed by atoms with E-state index in [-0.39, 0.29) is 5.57 Å². The minimum Gasteiger partial charge on any atom is -0.475 e. The van der Waals surface area contributed by atoms with E-state index in [1.54, 1.807) is 0 Å². The van der Waals surface area contributed by atoms with Gasteiger partial charge in [0.25, 0.3) is 0 Å². The van der Waals surface area contributed by atoms with Crippen molar-refractivity contribution in [3.05, 3.63) is 24.5 Å². The minimum absolute atomic E-state index is 0.132. The van der Waals surface area contributed by atoms with Gasteiger partial charge in [0.1, 0.15) is 0 Å². The Balaban J connectivity index is 4.07. The van der Waals surface area contributed by atoms with Crippen molar-refractivity contribution in [3.8, 4) is 0 Å². The number of carbonyl (C=O) groups excluding carboxylic acids is 1. The molecule has 0 heterocycles. The molecule has 0 aromatic heterocycles. The Bertz CT molecular complexity index is 203. The van der Waals surface area contributed by atoms with E-state index in [4.69, 9.17) is 5.11 Å². The van der Waals surface area contributed by atoms with E-state index in [0.29, 0.717) is 0 Å². The first-order chi connectivity index (χ1) is 4.95. The van der Waals surface area contributed by atoms with Crippen LogP contribution in [0.4, 0.5) is 0 Å². The summed E-state index contributed by atoms with van der Waals surface area (Å²) in [5.74, 6) is -2.74. The van der Waals surface area contributed by atoms with Crippen molar-refractivity contribution >= 4 is 11.9 Å². The predicted molar refractivity (Wildman–Crippen MR) is 37.7 cm³/mol. The molecule has 4 heteroatoms. The molecule has 0 saturated carbocycles. The number of hydrogen-bond acceptors (Lipinski definition) is 3. The Morgan fingerprint density at radius 2 is 1.82 bits per heavy atom. The number of carbonyl (C=O) groups is 2. The van der Waals surface area contributed by atoms with Crippen LogP contribution in [0.15, 0.2) is 24.5 Å². The molecule has 11 heavy (non-hydrogen) atoms. The number of aliphatic carboxylic acids is 1. The fourth-order valence-electron chi connectivity index (χ4n) is 0.243. The summed E-state index contributed by atoms with van der Waals surface area (Å²) in [7, 11) is 0. The number of carboxylic acids is 1. The molecule has 0 aliphatic rings. The molecule has 0 fully saturated rings. The van der Waals surface area contributed by atoms with Gasteiger partial charge in [-0.15, -0.1) is 0 Å². The topological polar surface area (TPSA) is 63.6 Å². The summed E-state index contributed by atoms with van der Waals surface area (Å²) in [6, 6.07) is 0. The standard InChI is InChI=1S/C7H8O4/c1-4(2)7(10)11-5(3)6(8)9/h1,3H2,2H3,(H,8,9). The first-order valence-electron chi connectivity index (χ1n) is 2.75. The van der Waals surface area contributed by atoms with Crippen molar-refractivity contribution in [2.75, 3.05) is 0 Å². The lowest BCUT2D eigenvalue weighted by Crippen LogP contribution is -2.10. The van der Waals surface area contributed by atoms with Crippen LogP contribution in [-0.2, 0) is 14.3 Å². The zero-order chi connectivity index (χ0) is 9.02. The van der Waals surface area contributed by atoms with E-state index in [2.05, 4.69) is 17.9 Å². The predicted octanol–water partition coefficient (Wildman–Crippen LogP) is 0.704. The van der Waals surface area contributed by atoms with Crippen LogP contribution in [0.25, 0.3) is 0 Å². The quantitative estimate of drug-likeness (QED) is 0.371. The Kier molecular flexibility index (Phi) is 3.04. The summed E-state index contributed by atoms with van der Waals surface area (Å²) in [4.78, 5) is 20.7. The molecule has 0 aromatic rings. The molecule has 0 unspecified atom stereocenters. The molecule has 0 aromatic carbocycles. The van der Waals surface area contributed by atoms with E-state index in [9.17, 15) is 9.59 Å². The van der Waals surface area contributed by atoms with Crippen molar-refractivity contribution in [2.45, 2.75) is 6.92 Å². The van der Waals surface area contributed by atoms with Crippen LogP contribution in [-0.4, -0.2) is 17.0 Å². The van der Waals surface area contributed by atoms with Crippen LogP contribution < -0.4 is 0 Å². The molecule has 0 aliphatic carbocycles. The number of carboxylic acid groups (broad SMARTS) is 1. The van der Waals surface area contributed by atoms with Gasteiger partial charge in [-0.05, 0) is 13.5 Å². The lowest BCUT2D eigenvalue weighted by atomic mass is 10.4. The molecule has 0 rings (SSSR count). The van der Waals surface area contributed by atoms with Gasteiger partial charge in [0.15, 0.2) is 0 Å². The maximum Gasteiger partial charge on any atom is 0.371 e. The second-order valence-corrected chi connectivity index (χ2v) is 1.90. The summed E-state index contributed by atoms with van der Waals surface area (Å²) >= 11 is 0. The van der Waals surface area contributed by atoms with Gasteiger partial charge >= 0.3 is 11.9 Å². The zero-order valence-corrected chi connectivity index (χ0v) is 6.09. The third-order valence-electron chi connectivity index (χ3n) is 0.803. The fourth-order valence-corrected chi connectivity index (χ4v) is 0.243. The van der Waals surface area contributed by atoms with Gasteiger partial charge < -0.3 is 9.84 Å². The average molecular weight is 156 g/mol. The van der Waals surface area contributed by atoms with E-state index < -0.39 is 17.7 Å². The van der Waals surface area contributed by atoms with E-state index in [0.717, 1.165) is 0 Å². The number of hydrogen-bond donors (Lipinski definition) is 1. The molecule has 0 saturated heterocycles. The van der Waals surface area contributed by atoms with Crippen LogP contribution in [0.5, 0.6) is 0 Å². The van der Waals surface area contributed by atoms with Crippen molar-refractivity contribution in [3.63, 3.8) is 0 Å². The Morgan fingerprint density at radius 1 is 1.36 bits per heavy atom. The highest BCUT2D eigenvalue weighted by atomic mass is 16.6. The van der Waals surface area contributed by atoms with Crippen molar-refractivity contribution in [1.29, 1.82) is 0 Å². The highest BCUT2D eigenvalue weighted by Crippen LogP contribution is 1.99. The van der Waals surface area contributed by atoms with Gasteiger partial charge in [-0.2, -0.15) is 0 Å². The molecule has 60 valence electrons. The second kappa shape index (κ2) is 3.55. The third-order valence-corrected chi connectivity index (χ3v) is 0.803. The lowest BCUT2D eigenvalue weighted by molar-refractivity contribution is -0.145. The SMILES string of the molecule is C=C(C)C(=O)OC(=C)C(=O)O. The lowest BCUT2D eigenvalue weighted by Gasteiger charge is -2.00. The first kappa shape index (κ1) is 9.42. The monoisotopic (exact) mass is 156 g/mol. The van der Waals surface area contributed by atoms with Gasteiger partial charge in [-0.25, -0.2) is 9.59 Å². The molecule has 1 N–H and O–H groups in total. The van der Waals surface area contributed by atoms with Gasteiger partial charge in [0.2, 0.25) is 5.76 Å². The number of esters is 1. The highest BCUT2D eigenvalue weighted by molar-refractivity contribution is 5.93. The zero-order valence-electron chi connectivity index (χ0n) is 6.09. The molecule has 0 atom stereocenters. The molecular formula is C7H8O4. The summed E-state index contributed by atoms with van der Waals surface area (Å²) in [6.45, 7) is 7.67. The molecule has 0 aliphatic heterocycles. The van der Waals surface area contributed by atoms with Crippen LogP contribution in [0.3, 0.4) is 0 Å². The van der Waals surface area contributed by atoms with E-state index in [1.807, 2.05) is 0 Å². The van der Waals surface area contributed by atoms with Crippen LogP contribution in [0.2, 0.25) is 0 Å². The molecule has 4 nitrogen and oxygen atoms in total. The summed E-state index contributed by atoms with van der Waals surface area (Å²) in [5.41, 5.74) is 0.132. The van der Waals surface area contributed by atoms with Crippen LogP contribution in [0.1, 0.15) is 6.92 Å². The molecule has 0 amide bonds. The summed E-state index contributed by atoms with van der Waals surface area (Å²) in [6.07, 6.45) is 0. The third kappa shape index (κ3) is 3.20. The highest BCUT2D eigenvalue weighted by Gasteiger charge is 2.10. The molecular weight excluding hydrogens is 148 g/mol. The van der Waals surface area contributed by atoms with Gasteiger partial charge in [-0.1, -0.05) is 6.58 Å². The fraction of sp³-hybridized carbons (Fsp3) is 0.143. The van der Waals surface area contributed by atoms with Gasteiger partial charge in [0.05, 0.1) is 0 Å². The largest absolute Gasteiger partial charge is 0.475 e. The van der Waals surface area contributed by atoms with Gasteiger partial charge in [0, 0.05) is 5.57 Å². The Hall–Kier alpha value is -1.58. The maximum absolute atomic E-state index is 10.6. The number of ether oxygens (including phenoxy) is 1. The average Bonchev–Trinajstić information content (AvgIpc) is 1.87. The minimum atomic E-state index is -1.36. The molecule has 0 spiro atoms. The molecule has 0 radical (unpaired) electrons. The number of rotatable bonds is 3. The van der Waals surface area contributed by atoms with Crippen LogP contribution in [0, 0.1) is 0 Å². The summed E-state index contributed by atoms with van der Waals surface area (Å²) < 4.78 is 4.24. The Morgan fingerprint density at radius 3 is 2.09 bits per heavy atom. The van der Waals surface area contributed by atoms with E-state index >= 15 is 0 Å².